The fourth-order valence-electron chi connectivity index (χ4n) is 2.56. The lowest BCUT2D eigenvalue weighted by Gasteiger charge is -2.29. The van der Waals surface area contributed by atoms with Crippen molar-refractivity contribution in [1.82, 2.24) is 0 Å². The SMILES string of the molecule is CC(=O)O[C@H](c1ccccc1)[C@H](CSc1ccccc1)C(=O)OC(C)(C)C. The van der Waals surface area contributed by atoms with Gasteiger partial charge in [0.15, 0.2) is 0 Å². The largest absolute Gasteiger partial charge is 0.460 e. The van der Waals surface area contributed by atoms with Crippen LogP contribution in [0.15, 0.2) is 65.6 Å². The van der Waals surface area contributed by atoms with Gasteiger partial charge in [-0.15, -0.1) is 11.8 Å². The minimum Gasteiger partial charge on any atom is -0.460 e. The highest BCUT2D eigenvalue weighted by Crippen LogP contribution is 2.33. The first-order chi connectivity index (χ1) is 12.8. The van der Waals surface area contributed by atoms with Crippen molar-refractivity contribution in [1.29, 1.82) is 0 Å². The van der Waals surface area contributed by atoms with Crippen molar-refractivity contribution in [2.24, 2.45) is 5.92 Å². The molecule has 2 atom stereocenters. The van der Waals surface area contributed by atoms with Gasteiger partial charge >= 0.3 is 11.9 Å². The second-order valence-electron chi connectivity index (χ2n) is 7.20. The standard InChI is InChI=1S/C22H26O4S/c1-16(23)25-20(17-11-7-5-8-12-17)19(21(24)26-22(2,3)4)15-27-18-13-9-6-10-14-18/h5-14,19-20H,15H2,1-4H3/t19-,20+/m0/s1. The molecule has 0 bridgehead atoms. The van der Waals surface area contributed by atoms with Gasteiger partial charge in [0.2, 0.25) is 0 Å². The topological polar surface area (TPSA) is 52.6 Å². The van der Waals surface area contributed by atoms with Gasteiger partial charge in [-0.05, 0) is 38.5 Å². The van der Waals surface area contributed by atoms with Gasteiger partial charge in [-0.25, -0.2) is 0 Å². The first-order valence-corrected chi connectivity index (χ1v) is 9.88. The van der Waals surface area contributed by atoms with E-state index in [4.69, 9.17) is 9.47 Å². The normalized spacial score (nSPS) is 13.5. The van der Waals surface area contributed by atoms with Crippen LogP contribution < -0.4 is 0 Å². The van der Waals surface area contributed by atoms with Crippen molar-refractivity contribution >= 4 is 23.7 Å². The number of rotatable bonds is 7. The molecule has 2 rings (SSSR count). The molecule has 0 heterocycles. The quantitative estimate of drug-likeness (QED) is 0.493. The number of thioether (sulfide) groups is 1. The van der Waals surface area contributed by atoms with Gasteiger partial charge in [-0.3, -0.25) is 9.59 Å². The molecular formula is C22H26O4S. The molecule has 0 aliphatic heterocycles. The summed E-state index contributed by atoms with van der Waals surface area (Å²) >= 11 is 1.54. The number of hydrogen-bond acceptors (Lipinski definition) is 5. The maximum Gasteiger partial charge on any atom is 0.314 e. The molecule has 0 radical (unpaired) electrons. The number of esters is 2. The average Bonchev–Trinajstić information content (AvgIpc) is 2.61. The highest BCUT2D eigenvalue weighted by Gasteiger charge is 2.35. The molecule has 0 unspecified atom stereocenters. The van der Waals surface area contributed by atoms with Crippen LogP contribution in [0.5, 0.6) is 0 Å². The smallest absolute Gasteiger partial charge is 0.314 e. The predicted octanol–water partition coefficient (Wildman–Crippen LogP) is 5.04. The zero-order valence-corrected chi connectivity index (χ0v) is 17.0. The fourth-order valence-corrected chi connectivity index (χ4v) is 3.60. The van der Waals surface area contributed by atoms with Gasteiger partial charge in [0.1, 0.15) is 17.6 Å². The molecule has 0 spiro atoms. The molecule has 0 aliphatic carbocycles. The van der Waals surface area contributed by atoms with Gasteiger partial charge in [0, 0.05) is 17.6 Å². The molecule has 2 aromatic carbocycles. The highest BCUT2D eigenvalue weighted by atomic mass is 32.2. The minimum absolute atomic E-state index is 0.374. The lowest BCUT2D eigenvalue weighted by molar-refractivity contribution is -0.168. The molecule has 27 heavy (non-hydrogen) atoms. The van der Waals surface area contributed by atoms with Crippen molar-refractivity contribution in [3.05, 3.63) is 66.2 Å². The maximum absolute atomic E-state index is 12.9. The lowest BCUT2D eigenvalue weighted by atomic mass is 9.96. The summed E-state index contributed by atoms with van der Waals surface area (Å²) in [5.74, 6) is -0.991. The average molecular weight is 387 g/mol. The monoisotopic (exact) mass is 386 g/mol. The van der Waals surface area contributed by atoms with E-state index in [1.54, 1.807) is 11.8 Å². The first kappa shape index (κ1) is 21.0. The van der Waals surface area contributed by atoms with Gasteiger partial charge in [0.25, 0.3) is 0 Å². The Balaban J connectivity index is 2.31. The van der Waals surface area contributed by atoms with Crippen molar-refractivity contribution in [2.45, 2.75) is 44.3 Å². The summed E-state index contributed by atoms with van der Waals surface area (Å²) < 4.78 is 11.2. The molecular weight excluding hydrogens is 360 g/mol. The van der Waals surface area contributed by atoms with Crippen LogP contribution >= 0.6 is 11.8 Å². The molecule has 0 aliphatic rings. The molecule has 0 saturated carbocycles. The zero-order valence-electron chi connectivity index (χ0n) is 16.2. The number of ether oxygens (including phenoxy) is 2. The van der Waals surface area contributed by atoms with E-state index >= 15 is 0 Å². The summed E-state index contributed by atoms with van der Waals surface area (Å²) in [5, 5.41) is 0. The molecule has 2 aromatic rings. The van der Waals surface area contributed by atoms with Crippen LogP contribution in [0.25, 0.3) is 0 Å². The summed E-state index contributed by atoms with van der Waals surface area (Å²) in [6.07, 6.45) is -0.699. The third-order valence-corrected chi connectivity index (χ3v) is 4.80. The number of carbonyl (C=O) groups excluding carboxylic acids is 2. The fraction of sp³-hybridized carbons (Fsp3) is 0.364. The summed E-state index contributed by atoms with van der Waals surface area (Å²) in [4.78, 5) is 25.7. The van der Waals surface area contributed by atoms with Crippen LogP contribution in [-0.2, 0) is 19.1 Å². The maximum atomic E-state index is 12.9. The third kappa shape index (κ3) is 7.10. The minimum atomic E-state index is -0.699. The first-order valence-electron chi connectivity index (χ1n) is 8.89. The Bertz CT molecular complexity index is 738. The zero-order chi connectivity index (χ0) is 19.9. The van der Waals surface area contributed by atoms with Gasteiger partial charge in [-0.2, -0.15) is 0 Å². The van der Waals surface area contributed by atoms with Crippen LogP contribution in [0.3, 0.4) is 0 Å². The Kier molecular flexibility index (Phi) is 7.48. The molecule has 0 saturated heterocycles. The molecule has 0 N–H and O–H groups in total. The Morgan fingerprint density at radius 3 is 2.04 bits per heavy atom. The van der Waals surface area contributed by atoms with Crippen LogP contribution in [-0.4, -0.2) is 23.3 Å². The van der Waals surface area contributed by atoms with Gasteiger partial charge < -0.3 is 9.47 Å². The predicted molar refractivity (Wildman–Crippen MR) is 107 cm³/mol. The number of benzene rings is 2. The third-order valence-electron chi connectivity index (χ3n) is 3.67. The molecule has 144 valence electrons. The van der Waals surface area contributed by atoms with Gasteiger partial charge in [-0.1, -0.05) is 48.5 Å². The van der Waals surface area contributed by atoms with Crippen molar-refractivity contribution < 1.29 is 19.1 Å². The second kappa shape index (κ2) is 9.60. The molecule has 0 amide bonds. The van der Waals surface area contributed by atoms with Crippen LogP contribution in [0, 0.1) is 5.92 Å². The van der Waals surface area contributed by atoms with Crippen LogP contribution in [0.1, 0.15) is 39.4 Å². The Morgan fingerprint density at radius 1 is 0.963 bits per heavy atom. The van der Waals surface area contributed by atoms with Crippen molar-refractivity contribution in [3.63, 3.8) is 0 Å². The summed E-state index contributed by atoms with van der Waals surface area (Å²) in [6, 6.07) is 19.1. The molecule has 5 heteroatoms. The van der Waals surface area contributed by atoms with E-state index < -0.39 is 23.6 Å². The van der Waals surface area contributed by atoms with Gasteiger partial charge in [0.05, 0.1) is 0 Å². The number of carbonyl (C=O) groups is 2. The molecule has 0 fully saturated rings. The van der Waals surface area contributed by atoms with E-state index in [1.165, 1.54) is 6.92 Å². The van der Waals surface area contributed by atoms with E-state index in [0.717, 1.165) is 10.5 Å². The highest BCUT2D eigenvalue weighted by molar-refractivity contribution is 7.99. The Hall–Kier alpha value is -2.27. The summed E-state index contributed by atoms with van der Waals surface area (Å²) in [7, 11) is 0. The second-order valence-corrected chi connectivity index (χ2v) is 8.30. The van der Waals surface area contributed by atoms with E-state index in [2.05, 4.69) is 0 Å². The Morgan fingerprint density at radius 2 is 1.52 bits per heavy atom. The van der Waals surface area contributed by atoms with Crippen molar-refractivity contribution in [3.8, 4) is 0 Å². The summed E-state index contributed by atoms with van der Waals surface area (Å²) in [6.45, 7) is 6.84. The van der Waals surface area contributed by atoms with Crippen molar-refractivity contribution in [2.75, 3.05) is 5.75 Å². The van der Waals surface area contributed by atoms with E-state index in [0.29, 0.717) is 5.75 Å². The lowest BCUT2D eigenvalue weighted by Crippen LogP contribution is -2.34. The van der Waals surface area contributed by atoms with Crippen LogP contribution in [0.4, 0.5) is 0 Å². The van der Waals surface area contributed by atoms with E-state index in [9.17, 15) is 9.59 Å². The van der Waals surface area contributed by atoms with E-state index in [-0.39, 0.29) is 5.97 Å². The molecule has 4 nitrogen and oxygen atoms in total. The number of hydrogen-bond donors (Lipinski definition) is 0. The Labute approximate surface area is 165 Å². The van der Waals surface area contributed by atoms with Crippen LogP contribution in [0.2, 0.25) is 0 Å². The van der Waals surface area contributed by atoms with E-state index in [1.807, 2.05) is 81.4 Å². The molecule has 0 aromatic heterocycles. The summed E-state index contributed by atoms with van der Waals surface area (Å²) in [5.41, 5.74) is 0.154.